The zero-order valence-electron chi connectivity index (χ0n) is 39.1. The summed E-state index contributed by atoms with van der Waals surface area (Å²) in [6.07, 6.45) is 11.3. The van der Waals surface area contributed by atoms with E-state index in [9.17, 15) is 92.6 Å². The molecule has 0 spiro atoms. The third-order valence-electron chi connectivity index (χ3n) is 11.6. The van der Waals surface area contributed by atoms with Gasteiger partial charge in [0.25, 0.3) is 21.8 Å². The van der Waals surface area contributed by atoms with E-state index < -0.39 is 93.3 Å². The molecule has 2 amide bonds. The van der Waals surface area contributed by atoms with Crippen LogP contribution in [0.3, 0.4) is 0 Å². The molecule has 7 nitrogen and oxygen atoms in total. The molecule has 2 N–H and O–H groups in total. The van der Waals surface area contributed by atoms with E-state index in [0.717, 1.165) is 38.2 Å². The van der Waals surface area contributed by atoms with Gasteiger partial charge in [0.1, 0.15) is 0 Å². The first-order valence-electron chi connectivity index (χ1n) is 23.2. The second kappa shape index (κ2) is 26.4. The molecule has 71 heavy (non-hydrogen) atoms. The number of rotatable bonds is 34. The fraction of sp³-hybridized carbons (Fsp3) is 0.696. The lowest BCUT2D eigenvalue weighted by atomic mass is 9.91. The Labute approximate surface area is 402 Å². The number of alkyl halides is 17. The van der Waals surface area contributed by atoms with Crippen molar-refractivity contribution in [1.82, 2.24) is 14.9 Å². The van der Waals surface area contributed by atoms with Crippen molar-refractivity contribution in [3.05, 3.63) is 70.8 Å². The van der Waals surface area contributed by atoms with E-state index in [-0.39, 0.29) is 17.9 Å². The Morgan fingerprint density at radius 3 is 1.10 bits per heavy atom. The molecule has 0 saturated heterocycles. The van der Waals surface area contributed by atoms with Crippen LogP contribution in [0.1, 0.15) is 155 Å². The summed E-state index contributed by atoms with van der Waals surface area (Å²) < 4.78 is 259. The Morgan fingerprint density at radius 2 is 0.746 bits per heavy atom. The lowest BCUT2D eigenvalue weighted by molar-refractivity contribution is -0.458. The molecule has 0 unspecified atom stereocenters. The zero-order valence-corrected chi connectivity index (χ0v) is 39.9. The van der Waals surface area contributed by atoms with Gasteiger partial charge in [-0.25, -0.2) is 8.42 Å². The van der Waals surface area contributed by atoms with Crippen LogP contribution in [-0.2, 0) is 16.4 Å². The summed E-state index contributed by atoms with van der Waals surface area (Å²) in [6, 6.07) is 12.0. The van der Waals surface area contributed by atoms with E-state index in [4.69, 9.17) is 0 Å². The second-order valence-electron chi connectivity index (χ2n) is 17.3. The number of amides is 2. The second-order valence-corrected chi connectivity index (χ2v) is 19.2. The standard InChI is InChI=1S/C46H60F17N3O4S/c1-3-5-6-7-8-9-10-11-12-13-14-15-16-17-18-19-28-64-37(67)35-24-20-33(21-25-35)32-34-22-26-36(27-23-34)38(68)65-29-31-66(30-4-2)71(69,70)46(62,63)44(57,58)42(53,54)40(49,50)39(47,48)41(51,52)43(55,56)45(59,60)61/h20-27H,3-19,28-32H2,1-2H3,(H,64,67)(H,65,68). The maximum atomic E-state index is 14.9. The molecule has 2 aromatic rings. The van der Waals surface area contributed by atoms with E-state index in [1.54, 1.807) is 24.3 Å². The molecule has 408 valence electrons. The predicted molar refractivity (Wildman–Crippen MR) is 231 cm³/mol. The minimum atomic E-state index is -8.94. The summed E-state index contributed by atoms with van der Waals surface area (Å²) in [6.45, 7) is -0.338. The van der Waals surface area contributed by atoms with Gasteiger partial charge in [0.05, 0.1) is 0 Å². The normalized spacial score (nSPS) is 13.7. The number of carbonyl (C=O) groups excluding carboxylic acids is 2. The summed E-state index contributed by atoms with van der Waals surface area (Å²) in [5.41, 5.74) is 1.60. The molecule has 2 aromatic carbocycles. The molecule has 0 heterocycles. The van der Waals surface area contributed by atoms with Crippen LogP contribution in [0, 0.1) is 0 Å². The van der Waals surface area contributed by atoms with Crippen LogP contribution >= 0.6 is 0 Å². The van der Waals surface area contributed by atoms with Gasteiger partial charge in [-0.15, -0.1) is 0 Å². The predicted octanol–water partition coefficient (Wildman–Crippen LogP) is 14.0. The van der Waals surface area contributed by atoms with Crippen molar-refractivity contribution in [2.75, 3.05) is 26.2 Å². The average molecular weight is 1070 g/mol. The van der Waals surface area contributed by atoms with E-state index in [0.29, 0.717) is 17.7 Å². The fourth-order valence-corrected chi connectivity index (χ4v) is 8.76. The highest BCUT2D eigenvalue weighted by Gasteiger charge is 2.96. The molecule has 0 fully saturated rings. The molecule has 0 aromatic heterocycles. The van der Waals surface area contributed by atoms with Gasteiger partial charge in [0.15, 0.2) is 0 Å². The molecule has 0 aliphatic carbocycles. The Morgan fingerprint density at radius 1 is 0.423 bits per heavy atom. The number of nitrogens with zero attached hydrogens (tertiary/aromatic N) is 1. The smallest absolute Gasteiger partial charge is 0.352 e. The first-order chi connectivity index (χ1) is 32.7. The molecule has 0 bridgehead atoms. The van der Waals surface area contributed by atoms with Crippen LogP contribution in [0.2, 0.25) is 0 Å². The van der Waals surface area contributed by atoms with Crippen molar-refractivity contribution >= 4 is 21.8 Å². The first-order valence-corrected chi connectivity index (χ1v) is 24.6. The minimum Gasteiger partial charge on any atom is -0.352 e. The van der Waals surface area contributed by atoms with Gasteiger partial charge < -0.3 is 10.6 Å². The number of unbranched alkanes of at least 4 members (excludes halogenated alkanes) is 15. The van der Waals surface area contributed by atoms with Gasteiger partial charge in [-0.3, -0.25) is 9.59 Å². The molecule has 0 radical (unpaired) electrons. The Bertz CT molecular complexity index is 2050. The van der Waals surface area contributed by atoms with Crippen molar-refractivity contribution in [3.63, 3.8) is 0 Å². The molecule has 2 rings (SSSR count). The number of hydrogen-bond acceptors (Lipinski definition) is 4. The van der Waals surface area contributed by atoms with Gasteiger partial charge >= 0.3 is 47.0 Å². The van der Waals surface area contributed by atoms with Crippen LogP contribution in [0.5, 0.6) is 0 Å². The van der Waals surface area contributed by atoms with Crippen molar-refractivity contribution in [2.45, 2.75) is 176 Å². The van der Waals surface area contributed by atoms with Crippen LogP contribution < -0.4 is 10.6 Å². The topological polar surface area (TPSA) is 95.6 Å². The summed E-state index contributed by atoms with van der Waals surface area (Å²) in [5, 5.41) is -2.83. The van der Waals surface area contributed by atoms with Gasteiger partial charge in [-0.1, -0.05) is 134 Å². The number of benzene rings is 2. The summed E-state index contributed by atoms with van der Waals surface area (Å²) in [4.78, 5) is 25.4. The lowest BCUT2D eigenvalue weighted by Crippen LogP contribution is -2.75. The van der Waals surface area contributed by atoms with Gasteiger partial charge in [-0.2, -0.15) is 78.9 Å². The average Bonchev–Trinajstić information content (AvgIpc) is 3.29. The fourth-order valence-electron chi connectivity index (χ4n) is 7.23. The molecular weight excluding hydrogens is 1010 g/mol. The van der Waals surface area contributed by atoms with Crippen molar-refractivity contribution in [1.29, 1.82) is 0 Å². The van der Waals surface area contributed by atoms with Gasteiger partial charge in [0, 0.05) is 37.3 Å². The van der Waals surface area contributed by atoms with Crippen LogP contribution in [0.4, 0.5) is 74.6 Å². The van der Waals surface area contributed by atoms with Crippen molar-refractivity contribution in [2.24, 2.45) is 0 Å². The van der Waals surface area contributed by atoms with Gasteiger partial charge in [-0.05, 0) is 54.7 Å². The highest BCUT2D eigenvalue weighted by Crippen LogP contribution is 2.64. The highest BCUT2D eigenvalue weighted by atomic mass is 32.2. The largest absolute Gasteiger partial charge is 0.460 e. The number of sulfonamides is 1. The Balaban J connectivity index is 1.92. The maximum Gasteiger partial charge on any atom is 0.460 e. The quantitative estimate of drug-likeness (QED) is 0.0539. The third-order valence-corrected chi connectivity index (χ3v) is 13.6. The number of hydrogen-bond donors (Lipinski definition) is 2. The highest BCUT2D eigenvalue weighted by molar-refractivity contribution is 7.90. The van der Waals surface area contributed by atoms with Crippen LogP contribution in [-0.4, -0.2) is 97.7 Å². The van der Waals surface area contributed by atoms with Crippen LogP contribution in [0.15, 0.2) is 48.5 Å². The summed E-state index contributed by atoms with van der Waals surface area (Å²) in [5.74, 6) is -53.5. The maximum absolute atomic E-state index is 14.9. The molecular formula is C46H60F17N3O4S. The molecule has 0 aliphatic rings. The number of carbonyl (C=O) groups is 2. The van der Waals surface area contributed by atoms with Crippen LogP contribution in [0.25, 0.3) is 0 Å². The number of nitrogens with one attached hydrogen (secondary N) is 2. The van der Waals surface area contributed by atoms with E-state index in [1.165, 1.54) is 101 Å². The molecule has 0 atom stereocenters. The zero-order chi connectivity index (χ0) is 54.2. The van der Waals surface area contributed by atoms with Crippen molar-refractivity contribution in [3.8, 4) is 0 Å². The van der Waals surface area contributed by atoms with Crippen molar-refractivity contribution < 1.29 is 92.6 Å². The molecule has 0 saturated carbocycles. The minimum absolute atomic E-state index is 0.178. The Kier molecular flexibility index (Phi) is 23.5. The van der Waals surface area contributed by atoms with E-state index in [2.05, 4.69) is 12.2 Å². The first kappa shape index (κ1) is 63.2. The summed E-state index contributed by atoms with van der Waals surface area (Å²) >= 11 is 0. The third kappa shape index (κ3) is 15.1. The lowest BCUT2D eigenvalue weighted by Gasteiger charge is -2.43. The van der Waals surface area contributed by atoms with Gasteiger partial charge in [0.2, 0.25) is 0 Å². The molecule has 0 aliphatic heterocycles. The monoisotopic (exact) mass is 1070 g/mol. The number of halogens is 17. The summed E-state index contributed by atoms with van der Waals surface area (Å²) in [7, 11) is -7.51. The Hall–Kier alpha value is -3.90. The van der Waals surface area contributed by atoms with E-state index in [1.807, 2.05) is 5.32 Å². The van der Waals surface area contributed by atoms with E-state index >= 15 is 0 Å². The SMILES string of the molecule is CCCCCCCCCCCCCCCCCCNC(=O)c1ccc(Cc2ccc(C(=O)NCCN(CCC)S(=O)(=O)C(F)(F)C(F)(F)C(F)(F)C(F)(F)C(F)(F)C(F)(F)C(F)(F)C(F)(F)F)cc2)cc1. The molecule has 25 heteroatoms.